The third kappa shape index (κ3) is 3.81. The molecule has 0 radical (unpaired) electrons. The van der Waals surface area contributed by atoms with Gasteiger partial charge in [0.15, 0.2) is 11.5 Å². The van der Waals surface area contributed by atoms with Crippen molar-refractivity contribution in [2.75, 3.05) is 14.2 Å². The molecule has 0 spiro atoms. The van der Waals surface area contributed by atoms with Crippen molar-refractivity contribution in [1.29, 1.82) is 0 Å². The molecular weight excluding hydrogens is 395 g/mol. The van der Waals surface area contributed by atoms with Gasteiger partial charge < -0.3 is 9.47 Å². The number of H-pyrrole nitrogens is 1. The largest absolute Gasteiger partial charge is 0.493 e. The zero-order chi connectivity index (χ0) is 20.4. The number of methoxy groups -OCH3 is 2. The molecular formula is C20H17FN4O3S. The lowest BCUT2D eigenvalue weighted by Crippen LogP contribution is -2.13. The smallest absolute Gasteiger partial charge is 0.290 e. The van der Waals surface area contributed by atoms with Gasteiger partial charge in [0, 0.05) is 11.3 Å². The van der Waals surface area contributed by atoms with Crippen LogP contribution in [0.25, 0.3) is 16.8 Å². The molecule has 0 amide bonds. The number of hydrogen-bond donors (Lipinski definition) is 1. The minimum absolute atomic E-state index is 0.294. The van der Waals surface area contributed by atoms with Crippen LogP contribution in [0.3, 0.4) is 0 Å². The van der Waals surface area contributed by atoms with Gasteiger partial charge >= 0.3 is 0 Å². The summed E-state index contributed by atoms with van der Waals surface area (Å²) >= 11 is 1.35. The molecule has 4 rings (SSSR count). The van der Waals surface area contributed by atoms with E-state index in [0.717, 1.165) is 11.1 Å². The summed E-state index contributed by atoms with van der Waals surface area (Å²) < 4.78 is 25.5. The van der Waals surface area contributed by atoms with Crippen LogP contribution in [0, 0.1) is 5.82 Å². The lowest BCUT2D eigenvalue weighted by molar-refractivity contribution is 0.355. The second-order valence-electron chi connectivity index (χ2n) is 6.15. The molecule has 0 aliphatic heterocycles. The van der Waals surface area contributed by atoms with E-state index in [-0.39, 0.29) is 11.4 Å². The van der Waals surface area contributed by atoms with Crippen molar-refractivity contribution >= 4 is 17.3 Å². The predicted octanol–water partition coefficient (Wildman–Crippen LogP) is 3.53. The average Bonchev–Trinajstić information content (AvgIpc) is 3.19. The highest BCUT2D eigenvalue weighted by Crippen LogP contribution is 2.32. The van der Waals surface area contributed by atoms with E-state index in [9.17, 15) is 9.18 Å². The van der Waals surface area contributed by atoms with E-state index < -0.39 is 0 Å². The van der Waals surface area contributed by atoms with Gasteiger partial charge in [-0.15, -0.1) is 5.10 Å². The quantitative estimate of drug-likeness (QED) is 0.488. The number of rotatable bonds is 6. The Bertz CT molecular complexity index is 1240. The molecule has 2 aromatic heterocycles. The van der Waals surface area contributed by atoms with Crippen molar-refractivity contribution in [2.45, 2.75) is 10.9 Å². The lowest BCUT2D eigenvalue weighted by Gasteiger charge is -2.08. The normalized spacial score (nSPS) is 11.0. The van der Waals surface area contributed by atoms with E-state index in [1.165, 1.54) is 28.4 Å². The summed E-state index contributed by atoms with van der Waals surface area (Å²) in [4.78, 5) is 12.2. The molecule has 0 aliphatic rings. The number of nitrogens with zero attached hydrogens (tertiary/aromatic N) is 3. The molecule has 0 atom stereocenters. The van der Waals surface area contributed by atoms with Crippen LogP contribution in [0.2, 0.25) is 0 Å². The van der Waals surface area contributed by atoms with Crippen LogP contribution < -0.4 is 15.0 Å². The van der Waals surface area contributed by atoms with Gasteiger partial charge in [0.1, 0.15) is 11.3 Å². The van der Waals surface area contributed by atoms with Crippen LogP contribution in [0.4, 0.5) is 4.39 Å². The molecule has 4 aromatic rings. The molecule has 0 aliphatic carbocycles. The summed E-state index contributed by atoms with van der Waals surface area (Å²) in [5.41, 5.74) is 2.19. The van der Waals surface area contributed by atoms with E-state index >= 15 is 0 Å². The zero-order valence-electron chi connectivity index (χ0n) is 15.7. The van der Waals surface area contributed by atoms with Crippen molar-refractivity contribution in [3.8, 4) is 22.8 Å². The molecule has 0 bridgehead atoms. The molecule has 2 aromatic carbocycles. The fourth-order valence-corrected chi connectivity index (χ4v) is 3.74. The third-order valence-electron chi connectivity index (χ3n) is 4.31. The molecule has 7 nitrogen and oxygen atoms in total. The van der Waals surface area contributed by atoms with Crippen LogP contribution in [-0.2, 0) is 5.75 Å². The van der Waals surface area contributed by atoms with Gasteiger partial charge in [-0.3, -0.25) is 4.79 Å². The molecule has 1 N–H and O–H groups in total. The topological polar surface area (TPSA) is 81.5 Å². The van der Waals surface area contributed by atoms with Crippen LogP contribution in [0.1, 0.15) is 5.56 Å². The first-order valence-corrected chi connectivity index (χ1v) is 9.65. The van der Waals surface area contributed by atoms with Gasteiger partial charge in [0.25, 0.3) is 5.56 Å². The molecule has 0 saturated carbocycles. The van der Waals surface area contributed by atoms with Gasteiger partial charge in [-0.25, -0.2) is 14.0 Å². The van der Waals surface area contributed by atoms with E-state index in [2.05, 4.69) is 15.3 Å². The summed E-state index contributed by atoms with van der Waals surface area (Å²) in [6.07, 6.45) is 0. The Labute approximate surface area is 169 Å². The van der Waals surface area contributed by atoms with Gasteiger partial charge in [-0.1, -0.05) is 23.9 Å². The minimum atomic E-state index is -0.348. The zero-order valence-corrected chi connectivity index (χ0v) is 16.5. The Morgan fingerprint density at radius 3 is 2.69 bits per heavy atom. The molecule has 29 heavy (non-hydrogen) atoms. The standard InChI is InChI=1S/C20H17FN4O3S/c1-27-17-7-6-13(9-18(17)28-2)15-10-16-19(26)22-23-20(25(16)24-15)29-11-12-4-3-5-14(21)8-12/h3-10H,11H2,1-2H3,(H,22,26). The maximum atomic E-state index is 13.4. The average molecular weight is 412 g/mol. The van der Waals surface area contributed by atoms with Gasteiger partial charge in [0.2, 0.25) is 5.16 Å². The highest BCUT2D eigenvalue weighted by molar-refractivity contribution is 7.98. The van der Waals surface area contributed by atoms with Crippen LogP contribution >= 0.6 is 11.8 Å². The first-order chi connectivity index (χ1) is 14.1. The second kappa shape index (κ2) is 7.96. The molecule has 2 heterocycles. The highest BCUT2D eigenvalue weighted by Gasteiger charge is 2.14. The molecule has 0 saturated heterocycles. The Kier molecular flexibility index (Phi) is 5.22. The highest BCUT2D eigenvalue weighted by atomic mass is 32.2. The van der Waals surface area contributed by atoms with Crippen molar-refractivity contribution < 1.29 is 13.9 Å². The summed E-state index contributed by atoms with van der Waals surface area (Å²) in [6, 6.07) is 13.4. The third-order valence-corrected chi connectivity index (χ3v) is 5.31. The number of nitrogens with one attached hydrogen (secondary N) is 1. The van der Waals surface area contributed by atoms with Crippen molar-refractivity contribution in [3.63, 3.8) is 0 Å². The molecule has 0 unspecified atom stereocenters. The first-order valence-electron chi connectivity index (χ1n) is 8.67. The van der Waals surface area contributed by atoms with E-state index in [4.69, 9.17) is 9.47 Å². The molecule has 148 valence electrons. The van der Waals surface area contributed by atoms with Crippen molar-refractivity contribution in [3.05, 3.63) is 70.3 Å². The van der Waals surface area contributed by atoms with Crippen LogP contribution in [0.5, 0.6) is 11.5 Å². The van der Waals surface area contributed by atoms with Gasteiger partial charge in [0.05, 0.1) is 19.9 Å². The Hall–Kier alpha value is -3.33. The predicted molar refractivity (Wildman–Crippen MR) is 108 cm³/mol. The summed E-state index contributed by atoms with van der Waals surface area (Å²) in [6.45, 7) is 0. The first kappa shape index (κ1) is 19.0. The fraction of sp³-hybridized carbons (Fsp3) is 0.150. The summed E-state index contributed by atoms with van der Waals surface area (Å²) in [7, 11) is 3.12. The number of benzene rings is 2. The molecule has 9 heteroatoms. The van der Waals surface area contributed by atoms with E-state index in [0.29, 0.717) is 33.6 Å². The number of hydrogen-bond acceptors (Lipinski definition) is 6. The number of aromatic nitrogens is 4. The van der Waals surface area contributed by atoms with Crippen LogP contribution in [-0.4, -0.2) is 34.0 Å². The monoisotopic (exact) mass is 412 g/mol. The summed E-state index contributed by atoms with van der Waals surface area (Å²) in [5.74, 6) is 1.36. The molecule has 0 fully saturated rings. The van der Waals surface area contributed by atoms with Crippen molar-refractivity contribution in [1.82, 2.24) is 19.8 Å². The summed E-state index contributed by atoms with van der Waals surface area (Å²) in [5, 5.41) is 11.6. The fourth-order valence-electron chi connectivity index (χ4n) is 2.90. The Morgan fingerprint density at radius 1 is 1.10 bits per heavy atom. The number of aromatic amines is 1. The maximum absolute atomic E-state index is 13.4. The minimum Gasteiger partial charge on any atom is -0.493 e. The lowest BCUT2D eigenvalue weighted by atomic mass is 10.1. The van der Waals surface area contributed by atoms with Gasteiger partial charge in [-0.05, 0) is 42.0 Å². The number of ether oxygens (including phenoxy) is 2. The second-order valence-corrected chi connectivity index (χ2v) is 7.09. The number of fused-ring (bicyclic) bond motifs is 1. The van der Waals surface area contributed by atoms with Gasteiger partial charge in [-0.2, -0.15) is 5.10 Å². The SMILES string of the molecule is COc1ccc(-c2cc3c(=O)[nH]nc(SCc4cccc(F)c4)n3n2)cc1OC. The maximum Gasteiger partial charge on any atom is 0.290 e. The Morgan fingerprint density at radius 2 is 1.93 bits per heavy atom. The number of thioether (sulfide) groups is 1. The van der Waals surface area contributed by atoms with E-state index in [1.54, 1.807) is 38.5 Å². The van der Waals surface area contributed by atoms with E-state index in [1.807, 2.05) is 12.1 Å². The number of halogens is 1. The Balaban J connectivity index is 1.71. The van der Waals surface area contributed by atoms with Crippen LogP contribution in [0.15, 0.2) is 58.5 Å². The van der Waals surface area contributed by atoms with Crippen molar-refractivity contribution in [2.24, 2.45) is 0 Å².